The van der Waals surface area contributed by atoms with Gasteiger partial charge in [-0.1, -0.05) is 6.42 Å². The number of nitrogens with one attached hydrogen (secondary N) is 1. The quantitative estimate of drug-likeness (QED) is 0.502. The zero-order valence-electron chi connectivity index (χ0n) is 18.4. The van der Waals surface area contributed by atoms with Crippen LogP contribution in [0.25, 0.3) is 0 Å². The van der Waals surface area contributed by atoms with Gasteiger partial charge in [-0.05, 0) is 62.4 Å². The van der Waals surface area contributed by atoms with E-state index >= 15 is 0 Å². The summed E-state index contributed by atoms with van der Waals surface area (Å²) in [4.78, 5) is 25.5. The van der Waals surface area contributed by atoms with Crippen LogP contribution in [0, 0.1) is 10.1 Å². The summed E-state index contributed by atoms with van der Waals surface area (Å²) in [7, 11) is -3.75. The van der Waals surface area contributed by atoms with E-state index in [4.69, 9.17) is 0 Å². The third-order valence-corrected chi connectivity index (χ3v) is 8.12. The Morgan fingerprint density at radius 3 is 2.09 bits per heavy atom. The van der Waals surface area contributed by atoms with Crippen LogP contribution in [-0.4, -0.2) is 49.7 Å². The summed E-state index contributed by atoms with van der Waals surface area (Å²) in [5.74, 6) is -0.468. The third-order valence-electron chi connectivity index (χ3n) is 6.19. The Morgan fingerprint density at radius 2 is 1.48 bits per heavy atom. The molecule has 0 aromatic heterocycles. The summed E-state index contributed by atoms with van der Waals surface area (Å²) in [5.41, 5.74) is 1.19. The fourth-order valence-corrected chi connectivity index (χ4v) is 6.13. The number of carbonyl (C=O) groups is 1. The minimum atomic E-state index is -3.75. The molecule has 0 bridgehead atoms. The molecule has 0 spiro atoms. The summed E-state index contributed by atoms with van der Waals surface area (Å²) in [6.07, 6.45) is 5.82. The lowest BCUT2D eigenvalue weighted by molar-refractivity contribution is -0.384. The van der Waals surface area contributed by atoms with Gasteiger partial charge in [0.05, 0.1) is 10.6 Å². The lowest BCUT2D eigenvalue weighted by atomic mass is 10.1. The summed E-state index contributed by atoms with van der Waals surface area (Å²) in [5, 5.41) is 13.5. The molecular formula is C23H28N4O5S. The van der Waals surface area contributed by atoms with Crippen LogP contribution in [0.4, 0.5) is 17.1 Å². The standard InChI is InChI=1S/C23H28N4O5S/c28-23(24-19-8-10-20(11-9-19)27(29)30)18-7-12-21(25-13-3-1-4-14-25)22(17-18)33(31,32)26-15-5-2-6-16-26/h7-12,17H,1-6,13-16H2,(H,24,28). The number of amides is 1. The zero-order chi connectivity index (χ0) is 23.4. The molecule has 176 valence electrons. The van der Waals surface area contributed by atoms with Crippen molar-refractivity contribution in [3.8, 4) is 0 Å². The van der Waals surface area contributed by atoms with E-state index in [0.717, 1.165) is 51.6 Å². The Morgan fingerprint density at radius 1 is 0.879 bits per heavy atom. The highest BCUT2D eigenvalue weighted by Crippen LogP contribution is 2.32. The molecule has 0 saturated carbocycles. The molecule has 10 heteroatoms. The van der Waals surface area contributed by atoms with Gasteiger partial charge in [0, 0.05) is 49.6 Å². The van der Waals surface area contributed by atoms with E-state index in [9.17, 15) is 23.3 Å². The number of nitrogens with zero attached hydrogens (tertiary/aromatic N) is 3. The number of piperidine rings is 2. The van der Waals surface area contributed by atoms with E-state index in [1.165, 1.54) is 34.6 Å². The van der Waals surface area contributed by atoms with Gasteiger partial charge in [-0.25, -0.2) is 8.42 Å². The third kappa shape index (κ3) is 5.17. The molecule has 2 aromatic rings. The summed E-state index contributed by atoms with van der Waals surface area (Å²) < 4.78 is 28.7. The Balaban J connectivity index is 1.65. The SMILES string of the molecule is O=C(Nc1ccc([N+](=O)[O-])cc1)c1ccc(N2CCCCC2)c(S(=O)(=O)N2CCCCC2)c1. The van der Waals surface area contributed by atoms with Gasteiger partial charge in [0.15, 0.2) is 0 Å². The predicted octanol–water partition coefficient (Wildman–Crippen LogP) is 4.01. The van der Waals surface area contributed by atoms with Crippen LogP contribution < -0.4 is 10.2 Å². The average Bonchev–Trinajstić information content (AvgIpc) is 2.85. The molecule has 0 radical (unpaired) electrons. The second-order valence-corrected chi connectivity index (χ2v) is 10.4. The molecule has 9 nitrogen and oxygen atoms in total. The van der Waals surface area contributed by atoms with Crippen LogP contribution in [0.15, 0.2) is 47.4 Å². The van der Waals surface area contributed by atoms with Crippen molar-refractivity contribution in [1.82, 2.24) is 4.31 Å². The number of nitro benzene ring substituents is 1. The number of anilines is 2. The van der Waals surface area contributed by atoms with Crippen LogP contribution in [0.3, 0.4) is 0 Å². The smallest absolute Gasteiger partial charge is 0.269 e. The van der Waals surface area contributed by atoms with Crippen LogP contribution in [0.1, 0.15) is 48.9 Å². The van der Waals surface area contributed by atoms with Crippen LogP contribution >= 0.6 is 0 Å². The normalized spacial score (nSPS) is 17.5. The minimum absolute atomic E-state index is 0.0752. The van der Waals surface area contributed by atoms with Gasteiger partial charge < -0.3 is 10.2 Å². The first-order valence-electron chi connectivity index (χ1n) is 11.3. The van der Waals surface area contributed by atoms with Crippen molar-refractivity contribution in [1.29, 1.82) is 0 Å². The molecular weight excluding hydrogens is 444 g/mol. The monoisotopic (exact) mass is 472 g/mol. The van der Waals surface area contributed by atoms with Gasteiger partial charge in [-0.2, -0.15) is 4.31 Å². The topological polar surface area (TPSA) is 113 Å². The second kappa shape index (κ2) is 9.88. The second-order valence-electron chi connectivity index (χ2n) is 8.45. The molecule has 2 heterocycles. The highest BCUT2D eigenvalue weighted by atomic mass is 32.2. The lowest BCUT2D eigenvalue weighted by Gasteiger charge is -2.33. The highest BCUT2D eigenvalue weighted by molar-refractivity contribution is 7.89. The summed E-state index contributed by atoms with van der Waals surface area (Å²) >= 11 is 0. The van der Waals surface area contributed by atoms with E-state index in [1.54, 1.807) is 12.1 Å². The molecule has 1 amide bonds. The number of hydrogen-bond donors (Lipinski definition) is 1. The number of non-ortho nitro benzene ring substituents is 1. The Labute approximate surface area is 193 Å². The molecule has 2 aromatic carbocycles. The van der Waals surface area contributed by atoms with Crippen LogP contribution in [-0.2, 0) is 10.0 Å². The van der Waals surface area contributed by atoms with Crippen LogP contribution in [0.5, 0.6) is 0 Å². The molecule has 2 aliphatic heterocycles. The summed E-state index contributed by atoms with van der Waals surface area (Å²) in [6, 6.07) is 10.3. The molecule has 1 N–H and O–H groups in total. The number of benzene rings is 2. The Kier molecular flexibility index (Phi) is 6.94. The number of nitro groups is 1. The molecule has 2 saturated heterocycles. The molecule has 2 aliphatic rings. The average molecular weight is 473 g/mol. The van der Waals surface area contributed by atoms with E-state index in [2.05, 4.69) is 10.2 Å². The number of rotatable bonds is 6. The van der Waals surface area contributed by atoms with Crippen molar-refractivity contribution < 1.29 is 18.1 Å². The fourth-order valence-electron chi connectivity index (χ4n) is 4.37. The van der Waals surface area contributed by atoms with Crippen molar-refractivity contribution in [2.75, 3.05) is 36.4 Å². The van der Waals surface area contributed by atoms with Crippen molar-refractivity contribution in [2.45, 2.75) is 43.4 Å². The first kappa shape index (κ1) is 23.2. The molecule has 0 unspecified atom stereocenters. The first-order valence-corrected chi connectivity index (χ1v) is 12.8. The maximum absolute atomic E-state index is 13.6. The molecule has 2 fully saturated rings. The lowest BCUT2D eigenvalue weighted by Crippen LogP contribution is -2.37. The molecule has 33 heavy (non-hydrogen) atoms. The van der Waals surface area contributed by atoms with Crippen molar-refractivity contribution in [3.05, 3.63) is 58.1 Å². The number of carbonyl (C=O) groups excluding carboxylic acids is 1. The van der Waals surface area contributed by atoms with E-state index < -0.39 is 20.9 Å². The van der Waals surface area contributed by atoms with Gasteiger partial charge >= 0.3 is 0 Å². The molecule has 0 aliphatic carbocycles. The molecule has 0 atom stereocenters. The van der Waals surface area contributed by atoms with E-state index in [1.807, 2.05) is 0 Å². The van der Waals surface area contributed by atoms with Crippen molar-refractivity contribution in [2.24, 2.45) is 0 Å². The minimum Gasteiger partial charge on any atom is -0.370 e. The first-order chi connectivity index (χ1) is 15.9. The van der Waals surface area contributed by atoms with Crippen molar-refractivity contribution >= 4 is 33.0 Å². The Hall–Kier alpha value is -2.98. The zero-order valence-corrected chi connectivity index (χ0v) is 19.2. The highest BCUT2D eigenvalue weighted by Gasteiger charge is 2.31. The molecule has 4 rings (SSSR count). The number of sulfonamides is 1. The van der Waals surface area contributed by atoms with Gasteiger partial charge in [0.1, 0.15) is 4.90 Å². The fraction of sp³-hybridized carbons (Fsp3) is 0.435. The van der Waals surface area contributed by atoms with E-state index in [-0.39, 0.29) is 16.1 Å². The van der Waals surface area contributed by atoms with Gasteiger partial charge in [0.25, 0.3) is 11.6 Å². The number of hydrogen-bond acceptors (Lipinski definition) is 6. The van der Waals surface area contributed by atoms with E-state index in [0.29, 0.717) is 24.5 Å². The maximum atomic E-state index is 13.6. The van der Waals surface area contributed by atoms with Gasteiger partial charge in [-0.3, -0.25) is 14.9 Å². The van der Waals surface area contributed by atoms with Gasteiger partial charge in [0.2, 0.25) is 10.0 Å². The Bertz CT molecular complexity index is 1120. The van der Waals surface area contributed by atoms with Crippen molar-refractivity contribution in [3.63, 3.8) is 0 Å². The predicted molar refractivity (Wildman–Crippen MR) is 126 cm³/mol. The summed E-state index contributed by atoms with van der Waals surface area (Å²) in [6.45, 7) is 2.55. The largest absolute Gasteiger partial charge is 0.370 e. The maximum Gasteiger partial charge on any atom is 0.269 e. The van der Waals surface area contributed by atoms with Crippen LogP contribution in [0.2, 0.25) is 0 Å². The van der Waals surface area contributed by atoms with Gasteiger partial charge in [-0.15, -0.1) is 0 Å².